The summed E-state index contributed by atoms with van der Waals surface area (Å²) in [6.45, 7) is 6.13. The maximum atomic E-state index is 5.66. The van der Waals surface area contributed by atoms with E-state index in [1.807, 2.05) is 0 Å². The fourth-order valence-corrected chi connectivity index (χ4v) is 2.60. The molecule has 0 saturated carbocycles. The summed E-state index contributed by atoms with van der Waals surface area (Å²) in [7, 11) is 0. The minimum Gasteiger partial charge on any atom is -0.384 e. The van der Waals surface area contributed by atoms with Gasteiger partial charge in [-0.1, -0.05) is 23.8 Å². The lowest BCUT2D eigenvalue weighted by Crippen LogP contribution is -2.08. The van der Waals surface area contributed by atoms with Crippen LogP contribution >= 0.6 is 0 Å². The molecule has 1 aromatic rings. The van der Waals surface area contributed by atoms with Crippen molar-refractivity contribution < 1.29 is 0 Å². The molecule has 2 nitrogen and oxygen atoms in total. The van der Waals surface area contributed by atoms with Gasteiger partial charge in [0, 0.05) is 18.2 Å². The Morgan fingerprint density at radius 2 is 2.28 bits per heavy atom. The minimum absolute atomic E-state index is 0.608. The molecule has 0 fully saturated rings. The third-order valence-electron chi connectivity index (χ3n) is 3.60. The standard InChI is InChI=1S/C16H24N2/c1-12(2)4-3-5-13-6-7-15-14(8-9-17)11-18-16(15)10-13/h4,6-7,10,14,18H,3,5,8-9,11,17H2,1-2H3. The monoisotopic (exact) mass is 244 g/mol. The Balaban J connectivity index is 2.03. The first-order chi connectivity index (χ1) is 8.70. The third-order valence-corrected chi connectivity index (χ3v) is 3.60. The van der Waals surface area contributed by atoms with Gasteiger partial charge in [0.1, 0.15) is 0 Å². The molecule has 1 heterocycles. The van der Waals surface area contributed by atoms with Crippen molar-refractivity contribution in [1.82, 2.24) is 0 Å². The quantitative estimate of drug-likeness (QED) is 0.779. The highest BCUT2D eigenvalue weighted by molar-refractivity contribution is 5.59. The van der Waals surface area contributed by atoms with E-state index in [9.17, 15) is 0 Å². The van der Waals surface area contributed by atoms with Crippen molar-refractivity contribution in [1.29, 1.82) is 0 Å². The van der Waals surface area contributed by atoms with E-state index >= 15 is 0 Å². The van der Waals surface area contributed by atoms with Crippen LogP contribution in [0.3, 0.4) is 0 Å². The van der Waals surface area contributed by atoms with Gasteiger partial charge < -0.3 is 11.1 Å². The molecular weight excluding hydrogens is 220 g/mol. The van der Waals surface area contributed by atoms with Crippen molar-refractivity contribution in [3.63, 3.8) is 0 Å². The highest BCUT2D eigenvalue weighted by Crippen LogP contribution is 2.34. The van der Waals surface area contributed by atoms with Gasteiger partial charge in [-0.05, 0) is 56.8 Å². The second-order valence-corrected chi connectivity index (χ2v) is 5.40. The number of rotatable bonds is 5. The molecule has 0 bridgehead atoms. The van der Waals surface area contributed by atoms with Gasteiger partial charge in [0.2, 0.25) is 0 Å². The Morgan fingerprint density at radius 3 is 3.00 bits per heavy atom. The molecule has 1 unspecified atom stereocenters. The number of anilines is 1. The lowest BCUT2D eigenvalue weighted by Gasteiger charge is -2.08. The average molecular weight is 244 g/mol. The zero-order valence-corrected chi connectivity index (χ0v) is 11.5. The number of benzene rings is 1. The summed E-state index contributed by atoms with van der Waals surface area (Å²) in [6.07, 6.45) is 5.64. The Morgan fingerprint density at radius 1 is 1.44 bits per heavy atom. The van der Waals surface area contributed by atoms with Crippen molar-refractivity contribution in [3.05, 3.63) is 41.0 Å². The van der Waals surface area contributed by atoms with Crippen LogP contribution in [0.25, 0.3) is 0 Å². The highest BCUT2D eigenvalue weighted by Gasteiger charge is 2.21. The number of fused-ring (bicyclic) bond motifs is 1. The van der Waals surface area contributed by atoms with Crippen LogP contribution in [0.1, 0.15) is 43.7 Å². The van der Waals surface area contributed by atoms with Crippen LogP contribution < -0.4 is 11.1 Å². The molecule has 0 aromatic heterocycles. The molecule has 18 heavy (non-hydrogen) atoms. The predicted molar refractivity (Wildman–Crippen MR) is 79.1 cm³/mol. The third kappa shape index (κ3) is 3.14. The van der Waals surface area contributed by atoms with Gasteiger partial charge in [-0.3, -0.25) is 0 Å². The summed E-state index contributed by atoms with van der Waals surface area (Å²) >= 11 is 0. The summed E-state index contributed by atoms with van der Waals surface area (Å²) in [6, 6.07) is 6.87. The van der Waals surface area contributed by atoms with Crippen LogP contribution in [-0.4, -0.2) is 13.1 Å². The first kappa shape index (κ1) is 13.2. The van der Waals surface area contributed by atoms with E-state index in [1.54, 1.807) is 0 Å². The van der Waals surface area contributed by atoms with Gasteiger partial charge >= 0.3 is 0 Å². The van der Waals surface area contributed by atoms with Gasteiger partial charge in [-0.2, -0.15) is 0 Å². The Kier molecular flexibility index (Phi) is 4.43. The van der Waals surface area contributed by atoms with E-state index in [0.717, 1.165) is 32.4 Å². The van der Waals surface area contributed by atoms with Crippen molar-refractivity contribution in [2.45, 2.75) is 39.0 Å². The number of allylic oxidation sites excluding steroid dienone is 2. The fourth-order valence-electron chi connectivity index (χ4n) is 2.60. The second kappa shape index (κ2) is 6.05. The predicted octanol–water partition coefficient (Wildman–Crippen LogP) is 3.44. The Bertz CT molecular complexity index is 431. The summed E-state index contributed by atoms with van der Waals surface area (Å²) in [5.41, 5.74) is 11.3. The van der Waals surface area contributed by atoms with E-state index in [-0.39, 0.29) is 0 Å². The molecule has 1 aliphatic heterocycles. The van der Waals surface area contributed by atoms with Crippen molar-refractivity contribution >= 4 is 5.69 Å². The number of nitrogens with two attached hydrogens (primary N) is 1. The van der Waals surface area contributed by atoms with Gasteiger partial charge in [0.25, 0.3) is 0 Å². The molecule has 98 valence electrons. The zero-order valence-electron chi connectivity index (χ0n) is 11.5. The average Bonchev–Trinajstić information content (AvgIpc) is 2.72. The molecule has 1 aromatic carbocycles. The Hall–Kier alpha value is -1.28. The number of nitrogens with one attached hydrogen (secondary N) is 1. The molecule has 3 N–H and O–H groups in total. The molecule has 0 saturated heterocycles. The van der Waals surface area contributed by atoms with Gasteiger partial charge in [0.05, 0.1) is 0 Å². The largest absolute Gasteiger partial charge is 0.384 e. The van der Waals surface area contributed by atoms with Crippen LogP contribution in [0, 0.1) is 0 Å². The van der Waals surface area contributed by atoms with Crippen molar-refractivity contribution in [2.24, 2.45) is 5.73 Å². The van der Waals surface area contributed by atoms with Gasteiger partial charge in [-0.25, -0.2) is 0 Å². The molecule has 0 radical (unpaired) electrons. The fraction of sp³-hybridized carbons (Fsp3) is 0.500. The lowest BCUT2D eigenvalue weighted by atomic mass is 9.96. The lowest BCUT2D eigenvalue weighted by molar-refractivity contribution is 0.685. The molecule has 1 aliphatic rings. The normalized spacial score (nSPS) is 17.2. The topological polar surface area (TPSA) is 38.0 Å². The molecule has 2 rings (SSSR count). The van der Waals surface area contributed by atoms with Crippen LogP contribution in [0.5, 0.6) is 0 Å². The number of hydrogen-bond donors (Lipinski definition) is 2. The molecular formula is C16H24N2. The minimum atomic E-state index is 0.608. The maximum Gasteiger partial charge on any atom is 0.0379 e. The molecule has 2 heteroatoms. The van der Waals surface area contributed by atoms with Crippen LogP contribution in [0.2, 0.25) is 0 Å². The summed E-state index contributed by atoms with van der Waals surface area (Å²) in [4.78, 5) is 0. The SMILES string of the molecule is CC(C)=CCCc1ccc2c(c1)NCC2CCN. The highest BCUT2D eigenvalue weighted by atomic mass is 14.9. The van der Waals surface area contributed by atoms with Crippen LogP contribution in [-0.2, 0) is 6.42 Å². The van der Waals surface area contributed by atoms with E-state index in [2.05, 4.69) is 43.4 Å². The second-order valence-electron chi connectivity index (χ2n) is 5.40. The van der Waals surface area contributed by atoms with E-state index in [0.29, 0.717) is 5.92 Å². The van der Waals surface area contributed by atoms with Crippen LogP contribution in [0.15, 0.2) is 29.8 Å². The first-order valence-corrected chi connectivity index (χ1v) is 6.91. The first-order valence-electron chi connectivity index (χ1n) is 6.91. The number of hydrogen-bond acceptors (Lipinski definition) is 2. The smallest absolute Gasteiger partial charge is 0.0379 e. The number of aryl methyl sites for hydroxylation is 1. The zero-order chi connectivity index (χ0) is 13.0. The van der Waals surface area contributed by atoms with Gasteiger partial charge in [-0.15, -0.1) is 0 Å². The van der Waals surface area contributed by atoms with Crippen molar-refractivity contribution in [3.8, 4) is 0 Å². The summed E-state index contributed by atoms with van der Waals surface area (Å²) in [5.74, 6) is 0.608. The van der Waals surface area contributed by atoms with Crippen LogP contribution in [0.4, 0.5) is 5.69 Å². The summed E-state index contributed by atoms with van der Waals surface area (Å²) < 4.78 is 0. The molecule has 0 spiro atoms. The molecule has 1 atom stereocenters. The summed E-state index contributed by atoms with van der Waals surface area (Å²) in [5, 5.41) is 3.50. The maximum absolute atomic E-state index is 5.66. The van der Waals surface area contributed by atoms with Gasteiger partial charge in [0.15, 0.2) is 0 Å². The van der Waals surface area contributed by atoms with E-state index < -0.39 is 0 Å². The van der Waals surface area contributed by atoms with Crippen molar-refractivity contribution in [2.75, 3.05) is 18.4 Å². The molecule has 0 amide bonds. The van der Waals surface area contributed by atoms with E-state index in [1.165, 1.54) is 22.4 Å². The Labute approximate surface area is 110 Å². The molecule has 0 aliphatic carbocycles. The van der Waals surface area contributed by atoms with E-state index in [4.69, 9.17) is 5.73 Å².